The van der Waals surface area contributed by atoms with Crippen molar-refractivity contribution in [2.45, 2.75) is 12.7 Å². The Morgan fingerprint density at radius 3 is 2.27 bits per heavy atom. The highest BCUT2D eigenvalue weighted by molar-refractivity contribution is 5.80. The fourth-order valence-corrected chi connectivity index (χ4v) is 2.92. The number of rotatable bonds is 2. The third kappa shape index (κ3) is 2.48. The van der Waals surface area contributed by atoms with Crippen LogP contribution in [-0.2, 0) is 12.7 Å². The summed E-state index contributed by atoms with van der Waals surface area (Å²) in [5.74, 6) is 0.204. The fourth-order valence-electron chi connectivity index (χ4n) is 2.92. The molecule has 132 valence electrons. The predicted molar refractivity (Wildman–Crippen MR) is 88.1 cm³/mol. The van der Waals surface area contributed by atoms with Gasteiger partial charge in [-0.2, -0.15) is 13.2 Å². The highest BCUT2D eigenvalue weighted by Gasteiger charge is 2.30. The molecule has 2 aromatic heterocycles. The summed E-state index contributed by atoms with van der Waals surface area (Å²) in [6.45, 7) is 0.188. The van der Waals surface area contributed by atoms with E-state index in [2.05, 4.69) is 10.2 Å². The summed E-state index contributed by atoms with van der Waals surface area (Å²) in [6, 6.07) is 11.7. The number of hydrogen-bond acceptors (Lipinski definition) is 3. The molecule has 0 saturated heterocycles. The maximum absolute atomic E-state index is 12.7. The molecule has 0 aliphatic heterocycles. The minimum Gasteiger partial charge on any atom is -0.304 e. The van der Waals surface area contributed by atoms with Crippen LogP contribution in [0, 0.1) is 0 Å². The number of H-pyrrole nitrogens is 1. The van der Waals surface area contributed by atoms with Crippen molar-refractivity contribution in [2.24, 2.45) is 0 Å². The third-order valence-electron chi connectivity index (χ3n) is 4.13. The first kappa shape index (κ1) is 16.1. The number of para-hydroxylation sites is 2. The van der Waals surface area contributed by atoms with Gasteiger partial charge in [0.25, 0.3) is 0 Å². The maximum Gasteiger partial charge on any atom is 0.416 e. The largest absolute Gasteiger partial charge is 0.416 e. The molecule has 2 heterocycles. The first-order chi connectivity index (χ1) is 12.4. The van der Waals surface area contributed by atoms with Gasteiger partial charge in [-0.15, -0.1) is 5.10 Å². The van der Waals surface area contributed by atoms with E-state index in [0.29, 0.717) is 16.6 Å². The Balaban J connectivity index is 1.90. The maximum atomic E-state index is 12.7. The van der Waals surface area contributed by atoms with Crippen molar-refractivity contribution in [3.63, 3.8) is 0 Å². The lowest BCUT2D eigenvalue weighted by Crippen LogP contribution is -2.33. The molecule has 0 amide bonds. The Labute approximate surface area is 143 Å². The SMILES string of the molecule is O=c1[nH]nc2n(Cc3ccc(C(F)(F)F)cc3)c3ccccc3n2c1=O. The number of hydrogen-bond donors (Lipinski definition) is 1. The lowest BCUT2D eigenvalue weighted by Gasteiger charge is -2.09. The predicted octanol–water partition coefficient (Wildman–Crippen LogP) is 2.40. The van der Waals surface area contributed by atoms with Crippen LogP contribution in [0.15, 0.2) is 58.1 Å². The van der Waals surface area contributed by atoms with Crippen molar-refractivity contribution in [2.75, 3.05) is 0 Å². The number of imidazole rings is 1. The molecule has 26 heavy (non-hydrogen) atoms. The summed E-state index contributed by atoms with van der Waals surface area (Å²) in [4.78, 5) is 23.8. The molecule has 0 aliphatic rings. The van der Waals surface area contributed by atoms with E-state index >= 15 is 0 Å². The van der Waals surface area contributed by atoms with Crippen molar-refractivity contribution in [3.8, 4) is 0 Å². The number of aromatic amines is 1. The molecule has 1 N–H and O–H groups in total. The minimum atomic E-state index is -4.40. The monoisotopic (exact) mass is 360 g/mol. The van der Waals surface area contributed by atoms with E-state index in [9.17, 15) is 22.8 Å². The molecule has 2 aromatic carbocycles. The van der Waals surface area contributed by atoms with Crippen LogP contribution >= 0.6 is 0 Å². The normalized spacial score (nSPS) is 12.1. The van der Waals surface area contributed by atoms with E-state index in [4.69, 9.17) is 0 Å². The van der Waals surface area contributed by atoms with Crippen LogP contribution in [0.25, 0.3) is 16.8 Å². The standard InChI is InChI=1S/C17H11F3N4O2/c18-17(19,20)11-7-5-10(6-8-11)9-23-12-3-1-2-4-13(12)24-15(26)14(25)21-22-16(23)24/h1-8H,9H2,(H,21,25). The Morgan fingerprint density at radius 1 is 0.962 bits per heavy atom. The number of nitrogens with one attached hydrogen (secondary N) is 1. The second kappa shape index (κ2) is 5.58. The zero-order valence-corrected chi connectivity index (χ0v) is 13.1. The summed E-state index contributed by atoms with van der Waals surface area (Å²) >= 11 is 0. The molecular formula is C17H11F3N4O2. The van der Waals surface area contributed by atoms with Crippen LogP contribution < -0.4 is 11.1 Å². The highest BCUT2D eigenvalue weighted by atomic mass is 19.4. The highest BCUT2D eigenvalue weighted by Crippen LogP contribution is 2.29. The van der Waals surface area contributed by atoms with Gasteiger partial charge >= 0.3 is 17.3 Å². The van der Waals surface area contributed by atoms with Crippen molar-refractivity contribution in [3.05, 3.63) is 80.4 Å². The van der Waals surface area contributed by atoms with Crippen molar-refractivity contribution in [1.82, 2.24) is 19.2 Å². The zero-order chi connectivity index (χ0) is 18.5. The molecular weight excluding hydrogens is 349 g/mol. The van der Waals surface area contributed by atoms with E-state index in [0.717, 1.165) is 12.1 Å². The molecule has 0 fully saturated rings. The topological polar surface area (TPSA) is 72.2 Å². The number of aromatic nitrogens is 4. The van der Waals surface area contributed by atoms with Crippen molar-refractivity contribution in [1.29, 1.82) is 0 Å². The molecule has 9 heteroatoms. The van der Waals surface area contributed by atoms with Crippen LogP contribution in [0.5, 0.6) is 0 Å². The summed E-state index contributed by atoms with van der Waals surface area (Å²) in [5.41, 5.74) is -0.616. The van der Waals surface area contributed by atoms with Crippen LogP contribution in [0.3, 0.4) is 0 Å². The van der Waals surface area contributed by atoms with Crippen LogP contribution in [0.2, 0.25) is 0 Å². The number of alkyl halides is 3. The molecule has 0 bridgehead atoms. The van der Waals surface area contributed by atoms with Crippen molar-refractivity contribution < 1.29 is 13.2 Å². The van der Waals surface area contributed by atoms with E-state index in [-0.39, 0.29) is 12.3 Å². The average molecular weight is 360 g/mol. The van der Waals surface area contributed by atoms with Gasteiger partial charge in [-0.25, -0.2) is 9.50 Å². The molecule has 4 rings (SSSR count). The van der Waals surface area contributed by atoms with E-state index in [1.54, 1.807) is 28.8 Å². The molecule has 0 radical (unpaired) electrons. The second-order valence-electron chi connectivity index (χ2n) is 5.76. The average Bonchev–Trinajstić information content (AvgIpc) is 2.92. The zero-order valence-electron chi connectivity index (χ0n) is 13.1. The number of benzene rings is 2. The Bertz CT molecular complexity index is 1230. The van der Waals surface area contributed by atoms with Gasteiger partial charge < -0.3 is 4.57 Å². The molecule has 6 nitrogen and oxygen atoms in total. The van der Waals surface area contributed by atoms with Gasteiger partial charge in [0.15, 0.2) is 0 Å². The summed E-state index contributed by atoms with van der Waals surface area (Å²) in [6.07, 6.45) is -4.40. The van der Waals surface area contributed by atoms with Crippen LogP contribution in [-0.4, -0.2) is 19.2 Å². The molecule has 0 unspecified atom stereocenters. The van der Waals surface area contributed by atoms with Gasteiger partial charge in [0.05, 0.1) is 23.1 Å². The number of nitrogens with zero attached hydrogens (tertiary/aromatic N) is 3. The first-order valence-corrected chi connectivity index (χ1v) is 7.61. The summed E-state index contributed by atoms with van der Waals surface area (Å²) in [7, 11) is 0. The lowest BCUT2D eigenvalue weighted by atomic mass is 10.1. The number of halogens is 3. The Hall–Kier alpha value is -3.36. The smallest absolute Gasteiger partial charge is 0.304 e. The minimum absolute atomic E-state index is 0.188. The van der Waals surface area contributed by atoms with Gasteiger partial charge in [0, 0.05) is 0 Å². The second-order valence-corrected chi connectivity index (χ2v) is 5.76. The van der Waals surface area contributed by atoms with Gasteiger partial charge in [-0.1, -0.05) is 24.3 Å². The quantitative estimate of drug-likeness (QED) is 0.558. The Kier molecular flexibility index (Phi) is 3.46. The molecule has 0 saturated carbocycles. The Morgan fingerprint density at radius 2 is 1.62 bits per heavy atom. The third-order valence-corrected chi connectivity index (χ3v) is 4.13. The molecule has 0 atom stereocenters. The first-order valence-electron chi connectivity index (χ1n) is 7.61. The molecule has 0 spiro atoms. The molecule has 0 aliphatic carbocycles. The van der Waals surface area contributed by atoms with E-state index in [1.165, 1.54) is 16.5 Å². The number of fused-ring (bicyclic) bond motifs is 3. The van der Waals surface area contributed by atoms with E-state index < -0.39 is 22.9 Å². The van der Waals surface area contributed by atoms with Gasteiger partial charge in [-0.3, -0.25) is 9.59 Å². The van der Waals surface area contributed by atoms with Crippen LogP contribution in [0.4, 0.5) is 13.2 Å². The lowest BCUT2D eigenvalue weighted by molar-refractivity contribution is -0.137. The summed E-state index contributed by atoms with van der Waals surface area (Å²) < 4.78 is 41.0. The summed E-state index contributed by atoms with van der Waals surface area (Å²) in [5, 5.41) is 6.09. The van der Waals surface area contributed by atoms with Gasteiger partial charge in [-0.05, 0) is 29.8 Å². The van der Waals surface area contributed by atoms with Gasteiger partial charge in [0.2, 0.25) is 5.78 Å². The molecule has 4 aromatic rings. The van der Waals surface area contributed by atoms with E-state index in [1.807, 2.05) is 0 Å². The fraction of sp³-hybridized carbons (Fsp3) is 0.118. The van der Waals surface area contributed by atoms with Crippen molar-refractivity contribution >= 4 is 16.8 Å². The van der Waals surface area contributed by atoms with Crippen LogP contribution in [0.1, 0.15) is 11.1 Å². The van der Waals surface area contributed by atoms with Gasteiger partial charge in [0.1, 0.15) is 0 Å².